The van der Waals surface area contributed by atoms with Crippen LogP contribution in [-0.2, 0) is 14.4 Å². The van der Waals surface area contributed by atoms with Crippen molar-refractivity contribution in [3.05, 3.63) is 52.6 Å². The summed E-state index contributed by atoms with van der Waals surface area (Å²) in [7, 11) is 4.04. The topological polar surface area (TPSA) is 94.9 Å². The van der Waals surface area contributed by atoms with Crippen LogP contribution < -0.4 is 4.90 Å². The van der Waals surface area contributed by atoms with Gasteiger partial charge < -0.3 is 15.1 Å². The monoisotopic (exact) mass is 529 g/mol. The van der Waals surface area contributed by atoms with Crippen molar-refractivity contribution in [3.8, 4) is 11.8 Å². The summed E-state index contributed by atoms with van der Waals surface area (Å²) in [5, 5.41) is 20.1. The highest BCUT2D eigenvalue weighted by Crippen LogP contribution is 2.71. The van der Waals surface area contributed by atoms with E-state index in [0.717, 1.165) is 31.4 Å². The molecule has 0 spiro atoms. The molecular formula is C33H39NO5. The summed E-state index contributed by atoms with van der Waals surface area (Å²) < 4.78 is 0. The van der Waals surface area contributed by atoms with E-state index in [4.69, 9.17) is 0 Å². The van der Waals surface area contributed by atoms with Gasteiger partial charge in [0.1, 0.15) is 0 Å². The quantitative estimate of drug-likeness (QED) is 0.450. The maximum atomic E-state index is 12.7. The van der Waals surface area contributed by atoms with Crippen molar-refractivity contribution < 1.29 is 24.6 Å². The largest absolute Gasteiger partial charge is 0.481 e. The highest BCUT2D eigenvalue weighted by Gasteiger charge is 2.66. The van der Waals surface area contributed by atoms with E-state index in [-0.39, 0.29) is 23.5 Å². The summed E-state index contributed by atoms with van der Waals surface area (Å²) in [5.41, 5.74) is 4.87. The van der Waals surface area contributed by atoms with Gasteiger partial charge >= 0.3 is 11.9 Å². The molecule has 39 heavy (non-hydrogen) atoms. The predicted octanol–water partition coefficient (Wildman–Crippen LogP) is 5.84. The van der Waals surface area contributed by atoms with Crippen LogP contribution in [0.3, 0.4) is 0 Å². The number of allylic oxidation sites excluding steroid dienone is 4. The van der Waals surface area contributed by atoms with E-state index >= 15 is 0 Å². The molecule has 2 N–H and O–H groups in total. The molecule has 0 heterocycles. The van der Waals surface area contributed by atoms with Crippen LogP contribution in [0.15, 0.2) is 47.1 Å². The van der Waals surface area contributed by atoms with Gasteiger partial charge in [0, 0.05) is 32.1 Å². The van der Waals surface area contributed by atoms with Crippen molar-refractivity contribution in [2.24, 2.45) is 28.6 Å². The lowest BCUT2D eigenvalue weighted by molar-refractivity contribution is -0.156. The number of rotatable bonds is 6. The summed E-state index contributed by atoms with van der Waals surface area (Å²) in [5.74, 6) is 3.92. The normalized spacial score (nSPS) is 32.2. The standard InChI is InChI=1S/C33H39NO5/c1-5-15-33(28(31(38)39)18-29(36)37)16-14-27-25-12-8-21-17-23(35)11-13-24(21)30(25)26(19-32(27,33)2)20-6-9-22(10-7-20)34(3)4/h6-7,9-10,17,25-28H,8,11-14,16,18-19H2,1-4H3,(H,36,37)(H,38,39)/t25?,26-,27?,28-,32+,33-/m1/s1. The van der Waals surface area contributed by atoms with Gasteiger partial charge in [-0.1, -0.05) is 30.6 Å². The molecule has 4 aliphatic rings. The third-order valence-electron chi connectivity index (χ3n) is 10.4. The molecule has 0 amide bonds. The Morgan fingerprint density at radius 1 is 1.10 bits per heavy atom. The number of anilines is 1. The maximum Gasteiger partial charge on any atom is 0.308 e. The van der Waals surface area contributed by atoms with Gasteiger partial charge in [-0.2, -0.15) is 0 Å². The van der Waals surface area contributed by atoms with Crippen LogP contribution in [0.1, 0.15) is 76.7 Å². The van der Waals surface area contributed by atoms with E-state index in [1.807, 2.05) is 20.2 Å². The van der Waals surface area contributed by atoms with Crippen LogP contribution in [-0.4, -0.2) is 42.0 Å². The average molecular weight is 530 g/mol. The molecule has 1 aromatic carbocycles. The van der Waals surface area contributed by atoms with Crippen molar-refractivity contribution in [1.82, 2.24) is 0 Å². The zero-order valence-electron chi connectivity index (χ0n) is 23.4. The Bertz CT molecular complexity index is 1330. The molecule has 0 saturated heterocycles. The molecule has 0 aliphatic heterocycles. The van der Waals surface area contributed by atoms with Gasteiger partial charge in [-0.05, 0) is 97.6 Å². The number of aliphatic carboxylic acids is 2. The molecule has 6 atom stereocenters. The van der Waals surface area contributed by atoms with Gasteiger partial charge in [0.2, 0.25) is 0 Å². The molecule has 1 aromatic rings. The summed E-state index contributed by atoms with van der Waals surface area (Å²) in [6, 6.07) is 8.64. The Hall–Kier alpha value is -3.33. The first-order valence-corrected chi connectivity index (χ1v) is 14.1. The Labute approximate surface area is 231 Å². The van der Waals surface area contributed by atoms with Crippen molar-refractivity contribution in [1.29, 1.82) is 0 Å². The minimum absolute atomic E-state index is 0.0646. The van der Waals surface area contributed by atoms with Crippen molar-refractivity contribution in [2.45, 2.75) is 71.1 Å². The van der Waals surface area contributed by atoms with Crippen LogP contribution >= 0.6 is 0 Å². The Kier molecular flexibility index (Phi) is 6.99. The summed E-state index contributed by atoms with van der Waals surface area (Å²) in [6.07, 6.45) is 6.66. The highest BCUT2D eigenvalue weighted by molar-refractivity contribution is 5.93. The van der Waals surface area contributed by atoms with Gasteiger partial charge in [0.15, 0.2) is 5.78 Å². The molecule has 6 nitrogen and oxygen atoms in total. The fourth-order valence-electron chi connectivity index (χ4n) is 8.76. The zero-order chi connectivity index (χ0) is 28.1. The van der Waals surface area contributed by atoms with E-state index in [0.29, 0.717) is 19.3 Å². The molecule has 2 unspecified atom stereocenters. The second-order valence-corrected chi connectivity index (χ2v) is 12.4. The third kappa shape index (κ3) is 4.31. The molecule has 2 fully saturated rings. The Morgan fingerprint density at radius 2 is 1.82 bits per heavy atom. The van der Waals surface area contributed by atoms with Crippen LogP contribution in [0.5, 0.6) is 0 Å². The van der Waals surface area contributed by atoms with E-state index in [9.17, 15) is 24.6 Å². The van der Waals surface area contributed by atoms with Crippen LogP contribution in [0.2, 0.25) is 0 Å². The molecular weight excluding hydrogens is 490 g/mol. The van der Waals surface area contributed by atoms with E-state index in [1.54, 1.807) is 6.92 Å². The van der Waals surface area contributed by atoms with Crippen molar-refractivity contribution in [3.63, 3.8) is 0 Å². The molecule has 5 rings (SSSR count). The first-order valence-electron chi connectivity index (χ1n) is 14.1. The number of carboxylic acids is 2. The van der Waals surface area contributed by atoms with Crippen LogP contribution in [0, 0.1) is 40.4 Å². The van der Waals surface area contributed by atoms with Crippen LogP contribution in [0.25, 0.3) is 0 Å². The van der Waals surface area contributed by atoms with E-state index in [1.165, 1.54) is 22.3 Å². The van der Waals surface area contributed by atoms with Gasteiger partial charge in [-0.15, -0.1) is 5.92 Å². The van der Waals surface area contributed by atoms with Gasteiger partial charge in [-0.3, -0.25) is 14.4 Å². The smallest absolute Gasteiger partial charge is 0.308 e. The molecule has 2 saturated carbocycles. The SMILES string of the molecule is CC#C[C@]1([C@H](CC(=O)O)C(=O)O)CCC2C3CCC4=CC(=O)CCC4=C3[C@@H](c3ccc(N(C)C)cc3)C[C@@]21C. The first kappa shape index (κ1) is 27.2. The number of nitrogens with zero attached hydrogens (tertiary/aromatic N) is 1. The second kappa shape index (κ2) is 10.0. The fourth-order valence-corrected chi connectivity index (χ4v) is 8.76. The highest BCUT2D eigenvalue weighted by atomic mass is 16.4. The summed E-state index contributed by atoms with van der Waals surface area (Å²) >= 11 is 0. The fraction of sp³-hybridized carbons (Fsp3) is 0.545. The minimum atomic E-state index is -1.10. The Balaban J connectivity index is 1.71. The van der Waals surface area contributed by atoms with Crippen molar-refractivity contribution >= 4 is 23.4 Å². The number of ketones is 1. The number of fused-ring (bicyclic) bond motifs is 4. The van der Waals surface area contributed by atoms with Crippen molar-refractivity contribution in [2.75, 3.05) is 19.0 Å². The molecule has 0 aromatic heterocycles. The Morgan fingerprint density at radius 3 is 2.44 bits per heavy atom. The summed E-state index contributed by atoms with van der Waals surface area (Å²) in [4.78, 5) is 39.0. The molecule has 206 valence electrons. The predicted molar refractivity (Wildman–Crippen MR) is 150 cm³/mol. The molecule has 0 bridgehead atoms. The zero-order valence-corrected chi connectivity index (χ0v) is 23.4. The number of hydrogen-bond donors (Lipinski definition) is 2. The number of carboxylic acid groups (broad SMARTS) is 2. The minimum Gasteiger partial charge on any atom is -0.481 e. The summed E-state index contributed by atoms with van der Waals surface area (Å²) in [6.45, 7) is 3.94. The lowest BCUT2D eigenvalue weighted by atomic mass is 9.46. The maximum absolute atomic E-state index is 12.7. The molecule has 0 radical (unpaired) electrons. The lowest BCUT2D eigenvalue weighted by Gasteiger charge is -2.56. The molecule has 6 heteroatoms. The van der Waals surface area contributed by atoms with Gasteiger partial charge in [0.05, 0.1) is 17.8 Å². The van der Waals surface area contributed by atoms with Crippen LogP contribution in [0.4, 0.5) is 5.69 Å². The van der Waals surface area contributed by atoms with Gasteiger partial charge in [-0.25, -0.2) is 0 Å². The van der Waals surface area contributed by atoms with Gasteiger partial charge in [0.25, 0.3) is 0 Å². The number of carbonyl (C=O) groups excluding carboxylic acids is 1. The molecule has 4 aliphatic carbocycles. The first-order chi connectivity index (χ1) is 18.5. The number of hydrogen-bond acceptors (Lipinski definition) is 4. The third-order valence-corrected chi connectivity index (χ3v) is 10.4. The van der Waals surface area contributed by atoms with E-state index < -0.39 is 35.1 Å². The number of benzene rings is 1. The lowest BCUT2D eigenvalue weighted by Crippen LogP contribution is -2.52. The van der Waals surface area contributed by atoms with E-state index in [2.05, 4.69) is 47.9 Å². The number of carbonyl (C=O) groups is 3. The second-order valence-electron chi connectivity index (χ2n) is 12.4. The average Bonchev–Trinajstić information content (AvgIpc) is 3.18.